The summed E-state index contributed by atoms with van der Waals surface area (Å²) in [5.74, 6) is -0.146. The SMILES string of the molecule is CCc1cc(Br)ccc1Nc1cc(N)ccc1C(=O)NC. The molecule has 1 amide bonds. The molecular weight excluding hydrogens is 330 g/mol. The Hall–Kier alpha value is -2.01. The molecule has 0 saturated carbocycles. The normalized spacial score (nSPS) is 10.2. The number of hydrogen-bond donors (Lipinski definition) is 3. The second-order valence-corrected chi connectivity index (χ2v) is 5.58. The van der Waals surface area contributed by atoms with E-state index in [1.807, 2.05) is 12.1 Å². The van der Waals surface area contributed by atoms with Gasteiger partial charge in [-0.15, -0.1) is 0 Å². The molecule has 0 radical (unpaired) electrons. The van der Waals surface area contributed by atoms with Crippen molar-refractivity contribution in [3.8, 4) is 0 Å². The van der Waals surface area contributed by atoms with Crippen LogP contribution >= 0.6 is 15.9 Å². The molecule has 0 aliphatic carbocycles. The first-order valence-corrected chi connectivity index (χ1v) is 7.51. The average Bonchev–Trinajstić information content (AvgIpc) is 2.48. The Balaban J connectivity index is 2.43. The third kappa shape index (κ3) is 3.55. The van der Waals surface area contributed by atoms with E-state index in [-0.39, 0.29) is 5.91 Å². The molecule has 0 heterocycles. The molecule has 0 aliphatic rings. The van der Waals surface area contributed by atoms with Gasteiger partial charge in [0.25, 0.3) is 5.91 Å². The predicted molar refractivity (Wildman–Crippen MR) is 91.0 cm³/mol. The number of anilines is 3. The summed E-state index contributed by atoms with van der Waals surface area (Å²) in [5, 5.41) is 5.95. The first-order valence-electron chi connectivity index (χ1n) is 6.72. The molecule has 2 rings (SSSR count). The molecule has 2 aromatic carbocycles. The molecule has 5 heteroatoms. The quantitative estimate of drug-likeness (QED) is 0.738. The minimum atomic E-state index is -0.146. The third-order valence-electron chi connectivity index (χ3n) is 3.23. The van der Waals surface area contributed by atoms with Crippen molar-refractivity contribution in [2.75, 3.05) is 18.1 Å². The number of nitrogen functional groups attached to an aromatic ring is 1. The molecular formula is C16H18BrN3O. The van der Waals surface area contributed by atoms with Crippen LogP contribution in [-0.4, -0.2) is 13.0 Å². The lowest BCUT2D eigenvalue weighted by molar-refractivity contribution is 0.0964. The molecule has 0 spiro atoms. The van der Waals surface area contributed by atoms with Gasteiger partial charge in [-0.3, -0.25) is 4.79 Å². The van der Waals surface area contributed by atoms with E-state index < -0.39 is 0 Å². The molecule has 2 aromatic rings. The number of hydrogen-bond acceptors (Lipinski definition) is 3. The van der Waals surface area contributed by atoms with E-state index >= 15 is 0 Å². The standard InChI is InChI=1S/C16H18BrN3O/c1-3-10-8-11(17)4-7-14(10)20-15-9-12(18)5-6-13(15)16(21)19-2/h4-9,20H,3,18H2,1-2H3,(H,19,21). The van der Waals surface area contributed by atoms with Crippen LogP contribution in [-0.2, 0) is 6.42 Å². The summed E-state index contributed by atoms with van der Waals surface area (Å²) >= 11 is 3.47. The Labute approximate surface area is 132 Å². The molecule has 0 saturated heterocycles. The van der Waals surface area contributed by atoms with Gasteiger partial charge in [0.05, 0.1) is 11.3 Å². The molecule has 0 aromatic heterocycles. The number of amides is 1. The van der Waals surface area contributed by atoms with Crippen molar-refractivity contribution < 1.29 is 4.79 Å². The smallest absolute Gasteiger partial charge is 0.253 e. The van der Waals surface area contributed by atoms with Crippen LogP contribution in [0.2, 0.25) is 0 Å². The van der Waals surface area contributed by atoms with Crippen LogP contribution in [0, 0.1) is 0 Å². The van der Waals surface area contributed by atoms with Gasteiger partial charge in [0.1, 0.15) is 0 Å². The van der Waals surface area contributed by atoms with E-state index in [1.54, 1.807) is 25.2 Å². The molecule has 0 atom stereocenters. The topological polar surface area (TPSA) is 67.1 Å². The number of aryl methyl sites for hydroxylation is 1. The lowest BCUT2D eigenvalue weighted by atomic mass is 10.1. The lowest BCUT2D eigenvalue weighted by Gasteiger charge is -2.15. The number of carbonyl (C=O) groups excluding carboxylic acids is 1. The fourth-order valence-corrected chi connectivity index (χ4v) is 2.53. The van der Waals surface area contributed by atoms with Crippen LogP contribution in [0.1, 0.15) is 22.8 Å². The second kappa shape index (κ2) is 6.63. The van der Waals surface area contributed by atoms with E-state index in [9.17, 15) is 4.79 Å². The van der Waals surface area contributed by atoms with Crippen LogP contribution in [0.15, 0.2) is 40.9 Å². The van der Waals surface area contributed by atoms with E-state index in [2.05, 4.69) is 39.6 Å². The highest BCUT2D eigenvalue weighted by Crippen LogP contribution is 2.28. The van der Waals surface area contributed by atoms with E-state index in [0.717, 1.165) is 22.1 Å². The molecule has 0 fully saturated rings. The highest BCUT2D eigenvalue weighted by Gasteiger charge is 2.12. The van der Waals surface area contributed by atoms with Crippen molar-refractivity contribution in [2.45, 2.75) is 13.3 Å². The van der Waals surface area contributed by atoms with Crippen molar-refractivity contribution >= 4 is 38.9 Å². The number of rotatable bonds is 4. The van der Waals surface area contributed by atoms with Crippen LogP contribution in [0.25, 0.3) is 0 Å². The maximum Gasteiger partial charge on any atom is 0.253 e. The number of carbonyl (C=O) groups is 1. The number of nitrogens with two attached hydrogens (primary N) is 1. The lowest BCUT2D eigenvalue weighted by Crippen LogP contribution is -2.19. The van der Waals surface area contributed by atoms with Gasteiger partial charge in [0.15, 0.2) is 0 Å². The van der Waals surface area contributed by atoms with E-state index in [0.29, 0.717) is 16.9 Å². The fraction of sp³-hybridized carbons (Fsp3) is 0.188. The fourth-order valence-electron chi connectivity index (χ4n) is 2.12. The first kappa shape index (κ1) is 15.4. The number of halogens is 1. The van der Waals surface area contributed by atoms with Crippen LogP contribution < -0.4 is 16.4 Å². The number of benzene rings is 2. The zero-order valence-electron chi connectivity index (χ0n) is 12.0. The Morgan fingerprint density at radius 3 is 2.62 bits per heavy atom. The largest absolute Gasteiger partial charge is 0.399 e. The summed E-state index contributed by atoms with van der Waals surface area (Å²) < 4.78 is 1.03. The number of nitrogens with one attached hydrogen (secondary N) is 2. The monoisotopic (exact) mass is 347 g/mol. The molecule has 0 unspecified atom stereocenters. The zero-order chi connectivity index (χ0) is 15.4. The Bertz CT molecular complexity index is 671. The molecule has 0 bridgehead atoms. The minimum absolute atomic E-state index is 0.146. The Morgan fingerprint density at radius 2 is 1.95 bits per heavy atom. The maximum absolute atomic E-state index is 11.9. The van der Waals surface area contributed by atoms with Gasteiger partial charge in [-0.25, -0.2) is 0 Å². The van der Waals surface area contributed by atoms with Gasteiger partial charge in [-0.05, 0) is 48.4 Å². The summed E-state index contributed by atoms with van der Waals surface area (Å²) in [5.41, 5.74) is 9.85. The summed E-state index contributed by atoms with van der Waals surface area (Å²) in [6, 6.07) is 11.2. The van der Waals surface area contributed by atoms with Gasteiger partial charge < -0.3 is 16.4 Å². The zero-order valence-corrected chi connectivity index (χ0v) is 13.6. The van der Waals surface area contributed by atoms with Crippen molar-refractivity contribution in [3.05, 3.63) is 52.0 Å². The maximum atomic E-state index is 11.9. The van der Waals surface area contributed by atoms with Crippen molar-refractivity contribution in [1.82, 2.24) is 5.32 Å². The van der Waals surface area contributed by atoms with Crippen LogP contribution in [0.3, 0.4) is 0 Å². The highest BCUT2D eigenvalue weighted by molar-refractivity contribution is 9.10. The van der Waals surface area contributed by atoms with Crippen LogP contribution in [0.5, 0.6) is 0 Å². The van der Waals surface area contributed by atoms with E-state index in [4.69, 9.17) is 5.73 Å². The van der Waals surface area contributed by atoms with E-state index in [1.165, 1.54) is 0 Å². The van der Waals surface area contributed by atoms with Crippen molar-refractivity contribution in [2.24, 2.45) is 0 Å². The summed E-state index contributed by atoms with van der Waals surface area (Å²) in [7, 11) is 1.61. The molecule has 110 valence electrons. The minimum Gasteiger partial charge on any atom is -0.399 e. The van der Waals surface area contributed by atoms with Gasteiger partial charge in [0, 0.05) is 22.9 Å². The summed E-state index contributed by atoms with van der Waals surface area (Å²) in [6.07, 6.45) is 0.888. The third-order valence-corrected chi connectivity index (χ3v) is 3.73. The average molecular weight is 348 g/mol. The van der Waals surface area contributed by atoms with Crippen LogP contribution in [0.4, 0.5) is 17.1 Å². The summed E-state index contributed by atoms with van der Waals surface area (Å²) in [4.78, 5) is 11.9. The van der Waals surface area contributed by atoms with Gasteiger partial charge in [0.2, 0.25) is 0 Å². The highest BCUT2D eigenvalue weighted by atomic mass is 79.9. The van der Waals surface area contributed by atoms with Gasteiger partial charge >= 0.3 is 0 Å². The molecule has 4 nitrogen and oxygen atoms in total. The van der Waals surface area contributed by atoms with Crippen molar-refractivity contribution in [1.29, 1.82) is 0 Å². The molecule has 21 heavy (non-hydrogen) atoms. The van der Waals surface area contributed by atoms with Gasteiger partial charge in [-0.2, -0.15) is 0 Å². The predicted octanol–water partition coefficient (Wildman–Crippen LogP) is 3.70. The first-order chi connectivity index (χ1) is 10.0. The molecule has 0 aliphatic heterocycles. The van der Waals surface area contributed by atoms with Gasteiger partial charge in [-0.1, -0.05) is 22.9 Å². The Kier molecular flexibility index (Phi) is 4.85. The Morgan fingerprint density at radius 1 is 1.19 bits per heavy atom. The second-order valence-electron chi connectivity index (χ2n) is 4.66. The molecule has 4 N–H and O–H groups in total. The summed E-state index contributed by atoms with van der Waals surface area (Å²) in [6.45, 7) is 2.09. The van der Waals surface area contributed by atoms with Crippen molar-refractivity contribution in [3.63, 3.8) is 0 Å².